The smallest absolute Gasteiger partial charge is 0.251 e. The summed E-state index contributed by atoms with van der Waals surface area (Å²) in [5.41, 5.74) is 1.91. The van der Waals surface area contributed by atoms with Crippen molar-refractivity contribution in [3.63, 3.8) is 0 Å². The molecule has 1 N–H and O–H groups in total. The van der Waals surface area contributed by atoms with Gasteiger partial charge in [-0.25, -0.2) is 4.98 Å². The van der Waals surface area contributed by atoms with E-state index in [0.29, 0.717) is 6.54 Å². The van der Waals surface area contributed by atoms with Gasteiger partial charge in [-0.2, -0.15) is 11.8 Å². The lowest BCUT2D eigenvalue weighted by Crippen LogP contribution is -2.59. The molecule has 2 aliphatic rings. The van der Waals surface area contributed by atoms with Crippen molar-refractivity contribution in [1.82, 2.24) is 15.2 Å². The maximum Gasteiger partial charge on any atom is 0.251 e. The highest BCUT2D eigenvalue weighted by molar-refractivity contribution is 7.99. The zero-order valence-electron chi connectivity index (χ0n) is 16.7. The summed E-state index contributed by atoms with van der Waals surface area (Å²) in [6.45, 7) is 6.24. The van der Waals surface area contributed by atoms with Crippen molar-refractivity contribution < 1.29 is 9.53 Å². The summed E-state index contributed by atoms with van der Waals surface area (Å²) in [6, 6.07) is 7.91. The van der Waals surface area contributed by atoms with Gasteiger partial charge in [-0.05, 0) is 43.4 Å². The Morgan fingerprint density at radius 3 is 2.76 bits per heavy atom. The van der Waals surface area contributed by atoms with Crippen molar-refractivity contribution in [2.45, 2.75) is 29.5 Å². The standard InChI is InChI=1S/C21H27N3O2S3/c1-16-23-18(12-28-16)13-29-19-4-2-17(3-5-19)20(25)22-14-21(6-11-27-15-21)24-7-9-26-10-8-24/h2-5,12H,6-11,13-15H2,1H3,(H,22,25). The maximum atomic E-state index is 12.7. The third-order valence-electron chi connectivity index (χ3n) is 5.51. The topological polar surface area (TPSA) is 54.5 Å². The first-order chi connectivity index (χ1) is 14.1. The van der Waals surface area contributed by atoms with Crippen LogP contribution in [0.3, 0.4) is 0 Å². The molecular weight excluding hydrogens is 422 g/mol. The highest BCUT2D eigenvalue weighted by Gasteiger charge is 2.40. The Hall–Kier alpha value is -1.06. The molecule has 1 unspecified atom stereocenters. The number of ether oxygens (including phenoxy) is 1. The third-order valence-corrected chi connectivity index (χ3v) is 8.61. The molecule has 0 saturated carbocycles. The van der Waals surface area contributed by atoms with Crippen LogP contribution in [0.1, 0.15) is 27.5 Å². The van der Waals surface area contributed by atoms with E-state index in [9.17, 15) is 4.79 Å². The highest BCUT2D eigenvalue weighted by atomic mass is 32.2. The largest absolute Gasteiger partial charge is 0.379 e. The van der Waals surface area contributed by atoms with Crippen LogP contribution < -0.4 is 5.32 Å². The summed E-state index contributed by atoms with van der Waals surface area (Å²) in [5.74, 6) is 3.12. The molecule has 1 aromatic heterocycles. The Labute approximate surface area is 185 Å². The number of nitrogens with zero attached hydrogens (tertiary/aromatic N) is 2. The number of amides is 1. The zero-order valence-corrected chi connectivity index (χ0v) is 19.1. The predicted molar refractivity (Wildman–Crippen MR) is 122 cm³/mol. The molecule has 2 aromatic rings. The number of aromatic nitrogens is 1. The first-order valence-corrected chi connectivity index (χ1v) is 13.0. The molecule has 1 amide bonds. The molecule has 2 aliphatic heterocycles. The van der Waals surface area contributed by atoms with Crippen LogP contribution in [0, 0.1) is 6.92 Å². The molecule has 0 radical (unpaired) electrons. The van der Waals surface area contributed by atoms with Crippen molar-refractivity contribution in [2.75, 3.05) is 44.4 Å². The molecule has 29 heavy (non-hydrogen) atoms. The second kappa shape index (κ2) is 9.83. The van der Waals surface area contributed by atoms with Gasteiger partial charge < -0.3 is 10.1 Å². The van der Waals surface area contributed by atoms with Crippen LogP contribution in [0.25, 0.3) is 0 Å². The predicted octanol–water partition coefficient (Wildman–Crippen LogP) is 3.68. The molecule has 4 rings (SSSR count). The summed E-state index contributed by atoms with van der Waals surface area (Å²) in [6.07, 6.45) is 1.13. The normalized spacial score (nSPS) is 22.7. The maximum absolute atomic E-state index is 12.7. The van der Waals surface area contributed by atoms with Crippen LogP contribution in [-0.4, -0.2) is 65.7 Å². The quantitative estimate of drug-likeness (QED) is 0.651. The van der Waals surface area contributed by atoms with E-state index in [0.717, 1.165) is 71.1 Å². The van der Waals surface area contributed by atoms with Crippen molar-refractivity contribution in [1.29, 1.82) is 0 Å². The minimum Gasteiger partial charge on any atom is -0.379 e. The van der Waals surface area contributed by atoms with Gasteiger partial charge in [-0.1, -0.05) is 0 Å². The summed E-state index contributed by atoms with van der Waals surface area (Å²) >= 11 is 5.42. The number of thioether (sulfide) groups is 2. The van der Waals surface area contributed by atoms with Crippen molar-refractivity contribution in [3.8, 4) is 0 Å². The van der Waals surface area contributed by atoms with E-state index in [1.165, 1.54) is 0 Å². The number of thiazole rings is 1. The number of carbonyl (C=O) groups is 1. The zero-order chi connectivity index (χ0) is 20.1. The number of carbonyl (C=O) groups excluding carboxylic acids is 1. The average molecular weight is 450 g/mol. The molecule has 0 aliphatic carbocycles. The van der Waals surface area contributed by atoms with Crippen molar-refractivity contribution in [2.24, 2.45) is 0 Å². The molecule has 0 bridgehead atoms. The molecule has 8 heteroatoms. The molecule has 3 heterocycles. The van der Waals surface area contributed by atoms with Gasteiger partial charge >= 0.3 is 0 Å². The van der Waals surface area contributed by atoms with Gasteiger partial charge in [-0.15, -0.1) is 23.1 Å². The van der Waals surface area contributed by atoms with Crippen LogP contribution in [0.4, 0.5) is 0 Å². The fourth-order valence-electron chi connectivity index (χ4n) is 3.82. The average Bonchev–Trinajstić information content (AvgIpc) is 3.41. The summed E-state index contributed by atoms with van der Waals surface area (Å²) < 4.78 is 5.52. The fraction of sp³-hybridized carbons (Fsp3) is 0.524. The van der Waals surface area contributed by atoms with Crippen molar-refractivity contribution in [3.05, 3.63) is 45.9 Å². The molecular formula is C21H27N3O2S3. The van der Waals surface area contributed by atoms with Gasteiger partial charge in [0.05, 0.1) is 23.9 Å². The molecule has 156 valence electrons. The molecule has 5 nitrogen and oxygen atoms in total. The van der Waals surface area contributed by atoms with Crippen LogP contribution in [0.5, 0.6) is 0 Å². The Morgan fingerprint density at radius 1 is 1.31 bits per heavy atom. The lowest BCUT2D eigenvalue weighted by Gasteiger charge is -2.43. The first-order valence-electron chi connectivity index (χ1n) is 9.97. The number of benzene rings is 1. The minimum absolute atomic E-state index is 0.0150. The van der Waals surface area contributed by atoms with Crippen LogP contribution in [0.15, 0.2) is 34.5 Å². The van der Waals surface area contributed by atoms with Crippen molar-refractivity contribution >= 4 is 40.8 Å². The van der Waals surface area contributed by atoms with Crippen LogP contribution in [0.2, 0.25) is 0 Å². The van der Waals surface area contributed by atoms with E-state index in [2.05, 4.69) is 20.6 Å². The van der Waals surface area contributed by atoms with Gasteiger partial charge in [-0.3, -0.25) is 9.69 Å². The Kier molecular flexibility index (Phi) is 7.18. The number of nitrogens with one attached hydrogen (secondary N) is 1. The Bertz CT molecular complexity index is 813. The van der Waals surface area contributed by atoms with E-state index < -0.39 is 0 Å². The molecule has 1 atom stereocenters. The SMILES string of the molecule is Cc1nc(CSc2ccc(C(=O)NCC3(N4CCOCC4)CCSC3)cc2)cs1. The summed E-state index contributed by atoms with van der Waals surface area (Å²) in [5, 5.41) is 6.42. The van der Waals surface area contributed by atoms with Gasteiger partial charge in [0, 0.05) is 52.5 Å². The molecule has 1 aromatic carbocycles. The van der Waals surface area contributed by atoms with E-state index in [4.69, 9.17) is 4.74 Å². The number of morpholine rings is 1. The molecule has 2 fully saturated rings. The fourth-order valence-corrected chi connectivity index (χ4v) is 6.80. The first kappa shape index (κ1) is 21.2. The second-order valence-electron chi connectivity index (χ2n) is 7.48. The lowest BCUT2D eigenvalue weighted by atomic mass is 9.95. The van der Waals surface area contributed by atoms with E-state index >= 15 is 0 Å². The van der Waals surface area contributed by atoms with Crippen LogP contribution in [-0.2, 0) is 10.5 Å². The minimum atomic E-state index is 0.0150. The Balaban J connectivity index is 1.31. The number of aryl methyl sites for hydroxylation is 1. The molecule has 0 spiro atoms. The number of hydrogen-bond acceptors (Lipinski definition) is 7. The van der Waals surface area contributed by atoms with E-state index in [1.807, 2.05) is 43.0 Å². The molecule has 2 saturated heterocycles. The monoisotopic (exact) mass is 449 g/mol. The lowest BCUT2D eigenvalue weighted by molar-refractivity contribution is -0.0129. The van der Waals surface area contributed by atoms with Gasteiger partial charge in [0.2, 0.25) is 0 Å². The van der Waals surface area contributed by atoms with E-state index in [1.54, 1.807) is 23.1 Å². The third kappa shape index (κ3) is 5.35. The number of rotatable bonds is 7. The Morgan fingerprint density at radius 2 is 2.10 bits per heavy atom. The van der Waals surface area contributed by atoms with E-state index in [-0.39, 0.29) is 11.4 Å². The van der Waals surface area contributed by atoms with Crippen LogP contribution >= 0.6 is 34.9 Å². The van der Waals surface area contributed by atoms with Gasteiger partial charge in [0.1, 0.15) is 0 Å². The summed E-state index contributed by atoms with van der Waals surface area (Å²) in [7, 11) is 0. The van der Waals surface area contributed by atoms with Gasteiger partial charge in [0.25, 0.3) is 5.91 Å². The number of hydrogen-bond donors (Lipinski definition) is 1. The van der Waals surface area contributed by atoms with Gasteiger partial charge in [0.15, 0.2) is 0 Å². The highest BCUT2D eigenvalue weighted by Crippen LogP contribution is 2.33. The summed E-state index contributed by atoms with van der Waals surface area (Å²) in [4.78, 5) is 20.9. The second-order valence-corrected chi connectivity index (χ2v) is 10.7.